The zero-order chi connectivity index (χ0) is 20.3. The number of nitrogens with zero attached hydrogens (tertiary/aromatic N) is 2. The molecular formula is C21H31N3O4. The molecular weight excluding hydrogens is 358 g/mol. The van der Waals surface area contributed by atoms with E-state index in [2.05, 4.69) is 4.98 Å². The molecule has 2 aliphatic rings. The first kappa shape index (κ1) is 20.6. The maximum absolute atomic E-state index is 13.3. The van der Waals surface area contributed by atoms with Crippen molar-refractivity contribution in [3.63, 3.8) is 0 Å². The summed E-state index contributed by atoms with van der Waals surface area (Å²) in [5, 5.41) is 0. The summed E-state index contributed by atoms with van der Waals surface area (Å²) >= 11 is 0. The van der Waals surface area contributed by atoms with Crippen LogP contribution in [0.5, 0.6) is 0 Å². The van der Waals surface area contributed by atoms with E-state index in [0.29, 0.717) is 57.1 Å². The van der Waals surface area contributed by atoms with E-state index >= 15 is 0 Å². The number of aryl methyl sites for hydroxylation is 1. The minimum Gasteiger partial charge on any atom is -0.378 e. The third-order valence-corrected chi connectivity index (χ3v) is 5.74. The predicted molar refractivity (Wildman–Crippen MR) is 106 cm³/mol. The highest BCUT2D eigenvalue weighted by Crippen LogP contribution is 2.26. The van der Waals surface area contributed by atoms with Crippen molar-refractivity contribution in [3.05, 3.63) is 22.5 Å². The lowest BCUT2D eigenvalue weighted by atomic mass is 9.95. The Morgan fingerprint density at radius 2 is 1.86 bits per heavy atom. The number of Topliss-reactive ketones (excluding diaryl/α,β-unsaturated/α-hetero) is 1. The van der Waals surface area contributed by atoms with Crippen molar-refractivity contribution in [1.82, 2.24) is 14.8 Å². The molecule has 1 atom stereocenters. The molecule has 154 valence electrons. The van der Waals surface area contributed by atoms with Crippen LogP contribution in [-0.2, 0) is 16.0 Å². The second-order valence-electron chi connectivity index (χ2n) is 7.81. The molecule has 1 unspecified atom stereocenters. The van der Waals surface area contributed by atoms with E-state index in [1.807, 2.05) is 18.7 Å². The Balaban J connectivity index is 1.78. The Bertz CT molecular complexity index is 749. The summed E-state index contributed by atoms with van der Waals surface area (Å²) in [6, 6.07) is 0. The number of aromatic amines is 1. The molecule has 0 aliphatic carbocycles. The summed E-state index contributed by atoms with van der Waals surface area (Å²) in [6.45, 7) is 8.92. The zero-order valence-corrected chi connectivity index (χ0v) is 17.2. The Labute approximate surface area is 166 Å². The molecule has 2 aliphatic heterocycles. The summed E-state index contributed by atoms with van der Waals surface area (Å²) in [4.78, 5) is 45.0. The lowest BCUT2D eigenvalue weighted by Gasteiger charge is -2.36. The molecule has 2 fully saturated rings. The van der Waals surface area contributed by atoms with Gasteiger partial charge in [0.2, 0.25) is 5.91 Å². The number of likely N-dealkylation sites (tertiary alicyclic amines) is 1. The number of carbonyl (C=O) groups is 3. The Kier molecular flexibility index (Phi) is 6.54. The molecule has 7 nitrogen and oxygen atoms in total. The second-order valence-corrected chi connectivity index (χ2v) is 7.81. The van der Waals surface area contributed by atoms with Gasteiger partial charge in [0, 0.05) is 37.4 Å². The minimum absolute atomic E-state index is 0.0183. The van der Waals surface area contributed by atoms with Crippen LogP contribution in [0.2, 0.25) is 0 Å². The van der Waals surface area contributed by atoms with Gasteiger partial charge in [-0.25, -0.2) is 0 Å². The predicted octanol–water partition coefficient (Wildman–Crippen LogP) is 2.19. The zero-order valence-electron chi connectivity index (χ0n) is 17.2. The first-order valence-electron chi connectivity index (χ1n) is 10.3. The molecule has 1 aromatic rings. The van der Waals surface area contributed by atoms with Crippen LogP contribution in [0.3, 0.4) is 0 Å². The summed E-state index contributed by atoms with van der Waals surface area (Å²) in [5.74, 6) is -0.149. The molecule has 3 rings (SSSR count). The third-order valence-electron chi connectivity index (χ3n) is 5.74. The minimum atomic E-state index is -0.159. The molecule has 2 amide bonds. The quantitative estimate of drug-likeness (QED) is 0.783. The maximum atomic E-state index is 13.3. The number of hydrogen-bond donors (Lipinski definition) is 1. The molecule has 28 heavy (non-hydrogen) atoms. The number of nitrogens with one attached hydrogen (secondary N) is 1. The fourth-order valence-corrected chi connectivity index (χ4v) is 4.40. The van der Waals surface area contributed by atoms with Crippen LogP contribution >= 0.6 is 0 Å². The Morgan fingerprint density at radius 3 is 2.50 bits per heavy atom. The number of hydrogen-bond acceptors (Lipinski definition) is 4. The fourth-order valence-electron chi connectivity index (χ4n) is 4.40. The van der Waals surface area contributed by atoms with Gasteiger partial charge in [-0.1, -0.05) is 13.3 Å². The molecule has 0 spiro atoms. The monoisotopic (exact) mass is 389 g/mol. The van der Waals surface area contributed by atoms with Gasteiger partial charge in [0.25, 0.3) is 5.91 Å². The third kappa shape index (κ3) is 4.14. The Hall–Kier alpha value is -2.15. The van der Waals surface area contributed by atoms with E-state index in [1.165, 1.54) is 0 Å². The van der Waals surface area contributed by atoms with Crippen molar-refractivity contribution in [2.75, 3.05) is 39.4 Å². The van der Waals surface area contributed by atoms with Crippen molar-refractivity contribution in [3.8, 4) is 0 Å². The van der Waals surface area contributed by atoms with Gasteiger partial charge in [0.05, 0.1) is 19.1 Å². The van der Waals surface area contributed by atoms with Gasteiger partial charge in [-0.15, -0.1) is 0 Å². The number of H-pyrrole nitrogens is 1. The average Bonchev–Trinajstić information content (AvgIpc) is 3.04. The van der Waals surface area contributed by atoms with Gasteiger partial charge in [-0.3, -0.25) is 14.4 Å². The van der Waals surface area contributed by atoms with Crippen molar-refractivity contribution in [2.45, 2.75) is 46.5 Å². The van der Waals surface area contributed by atoms with Gasteiger partial charge in [-0.05, 0) is 38.7 Å². The van der Waals surface area contributed by atoms with Crippen LogP contribution in [0.15, 0.2) is 0 Å². The average molecular weight is 389 g/mol. The molecule has 7 heteroatoms. The van der Waals surface area contributed by atoms with E-state index in [9.17, 15) is 14.4 Å². The summed E-state index contributed by atoms with van der Waals surface area (Å²) < 4.78 is 5.33. The normalized spacial score (nSPS) is 20.3. The number of piperidine rings is 1. The van der Waals surface area contributed by atoms with Crippen LogP contribution in [0.4, 0.5) is 0 Å². The number of rotatable bonds is 5. The van der Waals surface area contributed by atoms with Gasteiger partial charge >= 0.3 is 0 Å². The smallest absolute Gasteiger partial charge is 0.270 e. The van der Waals surface area contributed by atoms with Crippen molar-refractivity contribution >= 4 is 17.6 Å². The summed E-state index contributed by atoms with van der Waals surface area (Å²) in [5.41, 5.74) is 2.73. The van der Waals surface area contributed by atoms with Crippen LogP contribution in [0.25, 0.3) is 0 Å². The van der Waals surface area contributed by atoms with E-state index in [0.717, 1.165) is 30.5 Å². The van der Waals surface area contributed by atoms with Crippen molar-refractivity contribution in [2.24, 2.45) is 5.92 Å². The molecule has 0 aromatic carbocycles. The van der Waals surface area contributed by atoms with Gasteiger partial charge in [-0.2, -0.15) is 0 Å². The number of ketones is 1. The molecule has 0 saturated carbocycles. The van der Waals surface area contributed by atoms with Crippen molar-refractivity contribution < 1.29 is 19.1 Å². The molecule has 1 N–H and O–H groups in total. The number of ether oxygens (including phenoxy) is 1. The first-order chi connectivity index (χ1) is 13.4. The number of carbonyl (C=O) groups excluding carboxylic acids is 3. The van der Waals surface area contributed by atoms with Gasteiger partial charge in [0.15, 0.2) is 5.78 Å². The molecule has 2 saturated heterocycles. The first-order valence-corrected chi connectivity index (χ1v) is 10.3. The number of morpholine rings is 1. The molecule has 0 bridgehead atoms. The summed E-state index contributed by atoms with van der Waals surface area (Å²) in [6.07, 6.45) is 3.17. The van der Waals surface area contributed by atoms with Gasteiger partial charge < -0.3 is 19.5 Å². The van der Waals surface area contributed by atoms with E-state index in [-0.39, 0.29) is 23.5 Å². The summed E-state index contributed by atoms with van der Waals surface area (Å²) in [7, 11) is 0. The van der Waals surface area contributed by atoms with E-state index in [1.54, 1.807) is 11.8 Å². The van der Waals surface area contributed by atoms with Gasteiger partial charge in [0.1, 0.15) is 5.69 Å². The lowest BCUT2D eigenvalue weighted by molar-refractivity contribution is -0.141. The maximum Gasteiger partial charge on any atom is 0.270 e. The SMILES string of the molecule is CCCc1c(C(=O)N2CCCC(C(=O)N3CCOCC3)C2)[nH]c(C)c1C(C)=O. The second kappa shape index (κ2) is 8.90. The van der Waals surface area contributed by atoms with Crippen molar-refractivity contribution in [1.29, 1.82) is 0 Å². The molecule has 0 radical (unpaired) electrons. The highest BCUT2D eigenvalue weighted by molar-refractivity contribution is 6.02. The largest absolute Gasteiger partial charge is 0.378 e. The molecule has 1 aromatic heterocycles. The highest BCUT2D eigenvalue weighted by atomic mass is 16.5. The number of amides is 2. The van der Waals surface area contributed by atoms with E-state index < -0.39 is 0 Å². The highest BCUT2D eigenvalue weighted by Gasteiger charge is 2.34. The van der Waals surface area contributed by atoms with Crippen LogP contribution in [0, 0.1) is 12.8 Å². The number of aromatic nitrogens is 1. The Morgan fingerprint density at radius 1 is 1.14 bits per heavy atom. The van der Waals surface area contributed by atoms with Crippen LogP contribution < -0.4 is 0 Å². The van der Waals surface area contributed by atoms with E-state index in [4.69, 9.17) is 4.74 Å². The standard InChI is InChI=1S/C21H31N3O4/c1-4-6-17-18(15(3)25)14(2)22-19(17)21(27)24-8-5-7-16(13-24)20(26)23-9-11-28-12-10-23/h16,22H,4-13H2,1-3H3. The topological polar surface area (TPSA) is 82.7 Å². The van der Waals surface area contributed by atoms with Crippen LogP contribution in [-0.4, -0.2) is 71.8 Å². The van der Waals surface area contributed by atoms with Crippen LogP contribution in [0.1, 0.15) is 65.2 Å². The lowest BCUT2D eigenvalue weighted by Crippen LogP contribution is -2.49. The molecule has 3 heterocycles. The fraction of sp³-hybridized carbons (Fsp3) is 0.667.